The molecule has 1 aromatic carbocycles. The van der Waals surface area contributed by atoms with Gasteiger partial charge in [0.1, 0.15) is 5.75 Å². The smallest absolute Gasteiger partial charge is 0.159 e. The minimum absolute atomic E-state index is 0. The van der Waals surface area contributed by atoms with E-state index in [1.807, 2.05) is 18.2 Å². The summed E-state index contributed by atoms with van der Waals surface area (Å²) >= 11 is 0. The van der Waals surface area contributed by atoms with Gasteiger partial charge in [-0.1, -0.05) is 13.5 Å². The summed E-state index contributed by atoms with van der Waals surface area (Å²) in [5, 5.41) is 0. The van der Waals surface area contributed by atoms with Gasteiger partial charge in [-0.15, -0.1) is 6.58 Å². The third-order valence-electron chi connectivity index (χ3n) is 2.08. The summed E-state index contributed by atoms with van der Waals surface area (Å²) in [6.45, 7) is 5.88. The molecule has 0 aliphatic carbocycles. The quantitative estimate of drug-likeness (QED) is 0.413. The highest BCUT2D eigenvalue weighted by molar-refractivity contribution is 5.94. The molecular formula is C14H20O2. The fraction of sp³-hybridized carbons (Fsp3) is 0.357. The van der Waals surface area contributed by atoms with E-state index in [1.54, 1.807) is 19.1 Å². The van der Waals surface area contributed by atoms with Crippen molar-refractivity contribution in [3.05, 3.63) is 42.5 Å². The molecule has 0 amide bonds. The molecule has 0 atom stereocenters. The van der Waals surface area contributed by atoms with Crippen LogP contribution >= 0.6 is 0 Å². The largest absolute Gasteiger partial charge is 0.494 e. The number of hydrogen-bond acceptors (Lipinski definition) is 2. The van der Waals surface area contributed by atoms with Crippen LogP contribution in [0.5, 0.6) is 5.75 Å². The number of rotatable bonds is 6. The van der Waals surface area contributed by atoms with Crippen molar-refractivity contribution < 1.29 is 9.53 Å². The molecule has 2 heteroatoms. The Bertz CT molecular complexity index is 325. The van der Waals surface area contributed by atoms with Crippen LogP contribution in [0, 0.1) is 0 Å². The maximum atomic E-state index is 11.0. The molecule has 0 spiro atoms. The van der Waals surface area contributed by atoms with Gasteiger partial charge in [-0.3, -0.25) is 4.79 Å². The van der Waals surface area contributed by atoms with E-state index >= 15 is 0 Å². The monoisotopic (exact) mass is 220 g/mol. The maximum Gasteiger partial charge on any atom is 0.159 e. The minimum atomic E-state index is 0. The zero-order valence-electron chi connectivity index (χ0n) is 9.03. The van der Waals surface area contributed by atoms with Crippen molar-refractivity contribution >= 4 is 5.78 Å². The van der Waals surface area contributed by atoms with E-state index in [1.165, 1.54) is 0 Å². The first-order valence-electron chi connectivity index (χ1n) is 5.08. The molecule has 1 rings (SSSR count). The number of Topliss-reactive ketones (excluding diaryl/α,β-unsaturated/α-hetero) is 1. The van der Waals surface area contributed by atoms with Crippen LogP contribution in [-0.4, -0.2) is 12.4 Å². The Morgan fingerprint density at radius 1 is 1.38 bits per heavy atom. The van der Waals surface area contributed by atoms with Crippen molar-refractivity contribution in [3.8, 4) is 5.75 Å². The molecule has 0 aliphatic rings. The Hall–Kier alpha value is -1.57. The fourth-order valence-corrected chi connectivity index (χ4v) is 1.20. The third-order valence-corrected chi connectivity index (χ3v) is 2.08. The molecule has 0 fully saturated rings. The summed E-state index contributed by atoms with van der Waals surface area (Å²) in [5.41, 5.74) is 0.716. The summed E-state index contributed by atoms with van der Waals surface area (Å²) in [6.07, 6.45) is 3.81. The van der Waals surface area contributed by atoms with Crippen LogP contribution in [0.2, 0.25) is 0 Å². The van der Waals surface area contributed by atoms with E-state index in [2.05, 4.69) is 6.58 Å². The predicted octanol–water partition coefficient (Wildman–Crippen LogP) is 3.87. The summed E-state index contributed by atoms with van der Waals surface area (Å²) in [4.78, 5) is 11.0. The second-order valence-electron chi connectivity index (χ2n) is 3.36. The summed E-state index contributed by atoms with van der Waals surface area (Å²) < 4.78 is 5.48. The molecule has 0 unspecified atom stereocenters. The van der Waals surface area contributed by atoms with Gasteiger partial charge < -0.3 is 4.74 Å². The van der Waals surface area contributed by atoms with Gasteiger partial charge in [0.15, 0.2) is 5.78 Å². The first-order valence-corrected chi connectivity index (χ1v) is 5.08. The van der Waals surface area contributed by atoms with Crippen LogP contribution in [0.4, 0.5) is 0 Å². The average molecular weight is 220 g/mol. The van der Waals surface area contributed by atoms with E-state index in [-0.39, 0.29) is 13.2 Å². The molecule has 16 heavy (non-hydrogen) atoms. The zero-order chi connectivity index (χ0) is 11.1. The Morgan fingerprint density at radius 2 is 2.00 bits per heavy atom. The summed E-state index contributed by atoms with van der Waals surface area (Å²) in [6, 6.07) is 7.21. The lowest BCUT2D eigenvalue weighted by Crippen LogP contribution is -1.97. The lowest BCUT2D eigenvalue weighted by molar-refractivity contribution is 0.101. The average Bonchev–Trinajstić information content (AvgIpc) is 2.25. The summed E-state index contributed by atoms with van der Waals surface area (Å²) in [7, 11) is 0. The topological polar surface area (TPSA) is 26.3 Å². The molecule has 88 valence electrons. The van der Waals surface area contributed by atoms with Crippen molar-refractivity contribution in [1.29, 1.82) is 0 Å². The van der Waals surface area contributed by atoms with Gasteiger partial charge in [-0.05, 0) is 44.0 Å². The zero-order valence-corrected chi connectivity index (χ0v) is 9.03. The van der Waals surface area contributed by atoms with Crippen molar-refractivity contribution in [2.45, 2.75) is 27.2 Å². The molecule has 0 aromatic heterocycles. The van der Waals surface area contributed by atoms with E-state index in [0.29, 0.717) is 12.2 Å². The van der Waals surface area contributed by atoms with Gasteiger partial charge in [-0.25, -0.2) is 0 Å². The van der Waals surface area contributed by atoms with Crippen molar-refractivity contribution in [1.82, 2.24) is 0 Å². The first kappa shape index (κ1) is 14.4. The predicted molar refractivity (Wildman–Crippen MR) is 68.1 cm³/mol. The Morgan fingerprint density at radius 3 is 2.50 bits per heavy atom. The number of hydrogen-bond donors (Lipinski definition) is 0. The molecule has 0 heterocycles. The fourth-order valence-electron chi connectivity index (χ4n) is 1.20. The number of carbonyl (C=O) groups is 1. The van der Waals surface area contributed by atoms with Crippen molar-refractivity contribution in [2.24, 2.45) is 0 Å². The molecule has 0 saturated carbocycles. The molecule has 1 aromatic rings. The van der Waals surface area contributed by atoms with E-state index in [9.17, 15) is 4.79 Å². The minimum Gasteiger partial charge on any atom is -0.494 e. The van der Waals surface area contributed by atoms with Gasteiger partial charge in [0.25, 0.3) is 0 Å². The normalized spacial score (nSPS) is 9.06. The lowest BCUT2D eigenvalue weighted by Gasteiger charge is -2.05. The highest BCUT2D eigenvalue weighted by Gasteiger charge is 1.98. The number of benzene rings is 1. The lowest BCUT2D eigenvalue weighted by atomic mass is 10.1. The number of carbonyl (C=O) groups excluding carboxylic acids is 1. The first-order chi connectivity index (χ1) is 7.24. The van der Waals surface area contributed by atoms with Crippen LogP contribution in [0.25, 0.3) is 0 Å². The van der Waals surface area contributed by atoms with Crippen LogP contribution in [0.1, 0.15) is 37.6 Å². The second-order valence-corrected chi connectivity index (χ2v) is 3.36. The molecule has 0 radical (unpaired) electrons. The molecular weight excluding hydrogens is 200 g/mol. The van der Waals surface area contributed by atoms with Crippen LogP contribution < -0.4 is 4.74 Å². The highest BCUT2D eigenvalue weighted by atomic mass is 16.5. The molecule has 2 nitrogen and oxygen atoms in total. The molecule has 0 bridgehead atoms. The number of ether oxygens (including phenoxy) is 1. The van der Waals surface area contributed by atoms with Crippen LogP contribution in [-0.2, 0) is 0 Å². The second kappa shape index (κ2) is 7.69. The Balaban J connectivity index is 0.00000225. The van der Waals surface area contributed by atoms with E-state index in [4.69, 9.17) is 4.74 Å². The standard InChI is InChI=1S/C13H16O2.CH4/c1-3-4-5-10-15-13-8-6-12(7-9-13)11(2)14;/h3,6-9H,1,4-5,10H2,2H3;1H4. The van der Waals surface area contributed by atoms with Crippen molar-refractivity contribution in [3.63, 3.8) is 0 Å². The molecule has 0 aliphatic heterocycles. The Kier molecular flexibility index (Phi) is 6.93. The number of unbranched alkanes of at least 4 members (excludes halogenated alkanes) is 1. The van der Waals surface area contributed by atoms with Crippen molar-refractivity contribution in [2.75, 3.05) is 6.61 Å². The number of ketones is 1. The number of allylic oxidation sites excluding steroid dienone is 1. The van der Waals surface area contributed by atoms with E-state index < -0.39 is 0 Å². The van der Waals surface area contributed by atoms with Crippen LogP contribution in [0.3, 0.4) is 0 Å². The van der Waals surface area contributed by atoms with Gasteiger partial charge in [0, 0.05) is 5.56 Å². The van der Waals surface area contributed by atoms with Gasteiger partial charge in [0.2, 0.25) is 0 Å². The van der Waals surface area contributed by atoms with Crippen LogP contribution in [0.15, 0.2) is 36.9 Å². The summed E-state index contributed by atoms with van der Waals surface area (Å²) in [5.74, 6) is 0.886. The molecule has 0 saturated heterocycles. The highest BCUT2D eigenvalue weighted by Crippen LogP contribution is 2.12. The Labute approximate surface area is 97.9 Å². The third kappa shape index (κ3) is 4.78. The van der Waals surface area contributed by atoms with Gasteiger partial charge in [-0.2, -0.15) is 0 Å². The van der Waals surface area contributed by atoms with Gasteiger partial charge in [0.05, 0.1) is 6.61 Å². The van der Waals surface area contributed by atoms with E-state index in [0.717, 1.165) is 18.6 Å². The molecule has 0 N–H and O–H groups in total. The van der Waals surface area contributed by atoms with Gasteiger partial charge >= 0.3 is 0 Å². The maximum absolute atomic E-state index is 11.0. The SMILES string of the molecule is C.C=CCCCOc1ccc(C(C)=O)cc1.